The number of carboxylic acid groups (broad SMARTS) is 2. The molecule has 1 aliphatic carbocycles. The van der Waals surface area contributed by atoms with Crippen molar-refractivity contribution in [2.45, 2.75) is 70.6 Å². The zero-order valence-electron chi connectivity index (χ0n) is 24.7. The van der Waals surface area contributed by atoms with Gasteiger partial charge in [0.05, 0.1) is 0 Å². The molecule has 3 aromatic rings. The monoisotopic (exact) mass is 578 g/mol. The Morgan fingerprint density at radius 2 is 1.09 bits per heavy atom. The third-order valence-electron chi connectivity index (χ3n) is 8.19. The summed E-state index contributed by atoms with van der Waals surface area (Å²) in [6.45, 7) is 4.34. The Kier molecular flexibility index (Phi) is 10.6. The summed E-state index contributed by atoms with van der Waals surface area (Å²) in [4.78, 5) is 45.9. The summed E-state index contributed by atoms with van der Waals surface area (Å²) in [6, 6.07) is 20.4. The summed E-state index contributed by atoms with van der Waals surface area (Å²) in [5, 5.41) is 17.6. The summed E-state index contributed by atoms with van der Waals surface area (Å²) >= 11 is 0. The third kappa shape index (κ3) is 8.71. The van der Waals surface area contributed by atoms with Crippen LogP contribution in [0.2, 0.25) is 0 Å². The molecule has 6 heteroatoms. The quantitative estimate of drug-likeness (QED) is 0.176. The molecule has 0 aromatic heterocycles. The Morgan fingerprint density at radius 1 is 0.674 bits per heavy atom. The number of hydrogen-bond acceptors (Lipinski definition) is 4. The Hall–Kier alpha value is -4.58. The molecule has 3 aromatic carbocycles. The summed E-state index contributed by atoms with van der Waals surface area (Å²) in [5.74, 6) is -2.36. The van der Waals surface area contributed by atoms with Crippen LogP contribution in [0.4, 0.5) is 0 Å². The number of aryl methyl sites for hydroxylation is 2. The number of allylic oxidation sites excluding steroid dienone is 2. The molecule has 0 radical (unpaired) electrons. The highest BCUT2D eigenvalue weighted by atomic mass is 16.4. The van der Waals surface area contributed by atoms with Crippen molar-refractivity contribution in [2.24, 2.45) is 0 Å². The van der Waals surface area contributed by atoms with Crippen molar-refractivity contribution in [2.75, 3.05) is 0 Å². The van der Waals surface area contributed by atoms with Crippen molar-refractivity contribution < 1.29 is 29.4 Å². The molecule has 0 heterocycles. The van der Waals surface area contributed by atoms with Gasteiger partial charge in [-0.15, -0.1) is 0 Å². The standard InChI is InChI=1S/C37H38O6/c1-24-20-31(28-6-4-3-5-7-28)21-25(2)36(24)37(29-12-8-26(9-13-29)22-32(38)16-18-34(40)41)30-14-10-27(11-15-30)23-33(39)17-19-35(42)43/h8-21,28,37H,3-7,22-23H2,1-2H3,(H,40,41)(H,42,43)/b18-16+,19-17+. The first-order valence-corrected chi connectivity index (χ1v) is 14.8. The number of rotatable bonds is 12. The van der Waals surface area contributed by atoms with Gasteiger partial charge in [-0.3, -0.25) is 9.59 Å². The lowest BCUT2D eigenvalue weighted by Crippen LogP contribution is -2.11. The van der Waals surface area contributed by atoms with E-state index in [0.29, 0.717) is 5.92 Å². The molecule has 0 amide bonds. The SMILES string of the molecule is Cc1cc(C2CCCCC2)cc(C)c1C(c1ccc(CC(=O)/C=C/C(=O)O)cc1)c1ccc(CC(=O)/C=C/C(=O)O)cc1. The molecule has 0 unspecified atom stereocenters. The normalized spacial score (nSPS) is 14.0. The number of benzene rings is 3. The van der Waals surface area contributed by atoms with Crippen LogP contribution in [0.15, 0.2) is 85.0 Å². The van der Waals surface area contributed by atoms with Gasteiger partial charge in [0.15, 0.2) is 11.6 Å². The molecule has 0 saturated heterocycles. The van der Waals surface area contributed by atoms with Crippen LogP contribution in [0.25, 0.3) is 0 Å². The Bertz CT molecular complexity index is 1430. The lowest BCUT2D eigenvalue weighted by Gasteiger charge is -2.27. The van der Waals surface area contributed by atoms with Gasteiger partial charge >= 0.3 is 11.9 Å². The fourth-order valence-corrected chi connectivity index (χ4v) is 6.17. The van der Waals surface area contributed by atoms with E-state index >= 15 is 0 Å². The molecule has 6 nitrogen and oxygen atoms in total. The zero-order valence-corrected chi connectivity index (χ0v) is 24.7. The molecule has 222 valence electrons. The van der Waals surface area contributed by atoms with Crippen molar-refractivity contribution >= 4 is 23.5 Å². The summed E-state index contributed by atoms with van der Waals surface area (Å²) in [7, 11) is 0. The summed E-state index contributed by atoms with van der Waals surface area (Å²) < 4.78 is 0. The molecule has 43 heavy (non-hydrogen) atoms. The van der Waals surface area contributed by atoms with E-state index in [2.05, 4.69) is 26.0 Å². The first-order valence-electron chi connectivity index (χ1n) is 14.8. The highest BCUT2D eigenvalue weighted by molar-refractivity contribution is 5.97. The Morgan fingerprint density at radius 3 is 1.49 bits per heavy atom. The van der Waals surface area contributed by atoms with Gasteiger partial charge in [-0.05, 0) is 89.3 Å². The molecule has 1 fully saturated rings. The van der Waals surface area contributed by atoms with E-state index in [0.717, 1.165) is 46.6 Å². The lowest BCUT2D eigenvalue weighted by molar-refractivity contribution is -0.132. The van der Waals surface area contributed by atoms with Crippen LogP contribution in [-0.2, 0) is 32.0 Å². The molecule has 1 saturated carbocycles. The minimum Gasteiger partial charge on any atom is -0.478 e. The molecule has 0 aliphatic heterocycles. The van der Waals surface area contributed by atoms with E-state index in [1.54, 1.807) is 0 Å². The minimum absolute atomic E-state index is 0.0891. The maximum Gasteiger partial charge on any atom is 0.328 e. The van der Waals surface area contributed by atoms with Gasteiger partial charge in [-0.1, -0.05) is 79.9 Å². The lowest BCUT2D eigenvalue weighted by atomic mass is 9.77. The van der Waals surface area contributed by atoms with E-state index in [1.165, 1.54) is 54.4 Å². The molecule has 0 spiro atoms. The predicted octanol–water partition coefficient (Wildman–Crippen LogP) is 7.04. The smallest absolute Gasteiger partial charge is 0.328 e. The van der Waals surface area contributed by atoms with Crippen LogP contribution in [0.3, 0.4) is 0 Å². The number of carboxylic acids is 2. The maximum atomic E-state index is 12.2. The highest BCUT2D eigenvalue weighted by Gasteiger charge is 2.24. The van der Waals surface area contributed by atoms with Gasteiger partial charge < -0.3 is 10.2 Å². The van der Waals surface area contributed by atoms with Gasteiger partial charge in [0, 0.05) is 30.9 Å². The van der Waals surface area contributed by atoms with Crippen molar-refractivity contribution in [3.05, 3.63) is 129 Å². The predicted molar refractivity (Wildman–Crippen MR) is 167 cm³/mol. The second kappa shape index (κ2) is 14.5. The van der Waals surface area contributed by atoms with Gasteiger partial charge in [-0.2, -0.15) is 0 Å². The number of aliphatic carboxylic acids is 2. The van der Waals surface area contributed by atoms with Crippen LogP contribution in [0, 0.1) is 13.8 Å². The summed E-state index contributed by atoms with van der Waals surface area (Å²) in [6.07, 6.45) is 10.4. The zero-order chi connectivity index (χ0) is 30.9. The fourth-order valence-electron chi connectivity index (χ4n) is 6.17. The van der Waals surface area contributed by atoms with E-state index < -0.39 is 11.9 Å². The third-order valence-corrected chi connectivity index (χ3v) is 8.19. The number of hydrogen-bond donors (Lipinski definition) is 2. The first-order chi connectivity index (χ1) is 20.6. The van der Waals surface area contributed by atoms with Gasteiger partial charge in [0.1, 0.15) is 0 Å². The van der Waals surface area contributed by atoms with Gasteiger partial charge in [0.25, 0.3) is 0 Å². The number of carbonyl (C=O) groups excluding carboxylic acids is 2. The minimum atomic E-state index is -1.15. The molecular formula is C37H38O6. The molecule has 0 bridgehead atoms. The first kappa shape index (κ1) is 31.4. The molecule has 4 rings (SSSR count). The van der Waals surface area contributed by atoms with E-state index in [1.807, 2.05) is 48.5 Å². The van der Waals surface area contributed by atoms with Crippen LogP contribution < -0.4 is 0 Å². The Labute approximate surface area is 252 Å². The molecule has 2 N–H and O–H groups in total. The second-order valence-electron chi connectivity index (χ2n) is 11.4. The van der Waals surface area contributed by atoms with E-state index in [9.17, 15) is 19.2 Å². The molecule has 0 atom stereocenters. The van der Waals surface area contributed by atoms with E-state index in [4.69, 9.17) is 10.2 Å². The number of ketones is 2. The van der Waals surface area contributed by atoms with Crippen LogP contribution >= 0.6 is 0 Å². The van der Waals surface area contributed by atoms with Crippen LogP contribution in [0.1, 0.15) is 88.4 Å². The largest absolute Gasteiger partial charge is 0.478 e. The van der Waals surface area contributed by atoms with Gasteiger partial charge in [-0.25, -0.2) is 9.59 Å². The van der Waals surface area contributed by atoms with Crippen molar-refractivity contribution in [1.29, 1.82) is 0 Å². The van der Waals surface area contributed by atoms with Crippen molar-refractivity contribution in [3.63, 3.8) is 0 Å². The van der Waals surface area contributed by atoms with E-state index in [-0.39, 0.29) is 30.3 Å². The Balaban J connectivity index is 1.68. The summed E-state index contributed by atoms with van der Waals surface area (Å²) in [5.41, 5.74) is 8.79. The maximum absolute atomic E-state index is 12.2. The average molecular weight is 579 g/mol. The van der Waals surface area contributed by atoms with Gasteiger partial charge in [0.2, 0.25) is 0 Å². The molecule has 1 aliphatic rings. The highest BCUT2D eigenvalue weighted by Crippen LogP contribution is 2.40. The average Bonchev–Trinajstić information content (AvgIpc) is 2.98. The fraction of sp³-hybridized carbons (Fsp3) is 0.297. The van der Waals surface area contributed by atoms with Crippen LogP contribution in [0.5, 0.6) is 0 Å². The number of carbonyl (C=O) groups is 4. The molecular weight excluding hydrogens is 540 g/mol. The topological polar surface area (TPSA) is 109 Å². The second-order valence-corrected chi connectivity index (χ2v) is 11.4. The van der Waals surface area contributed by atoms with Crippen LogP contribution in [-0.4, -0.2) is 33.7 Å². The van der Waals surface area contributed by atoms with Crippen molar-refractivity contribution in [1.82, 2.24) is 0 Å². The van der Waals surface area contributed by atoms with Crippen molar-refractivity contribution in [3.8, 4) is 0 Å².